The molecule has 12 heteroatoms. The van der Waals surface area contributed by atoms with Crippen molar-refractivity contribution in [2.45, 2.75) is 44.1 Å². The number of para-hydroxylation sites is 1. The number of ether oxygens (including phenoxy) is 2. The molecule has 0 spiro atoms. The van der Waals surface area contributed by atoms with Crippen LogP contribution in [0, 0.1) is 5.82 Å². The molecule has 0 saturated carbocycles. The van der Waals surface area contributed by atoms with Crippen molar-refractivity contribution >= 4 is 51.3 Å². The van der Waals surface area contributed by atoms with Crippen LogP contribution in [-0.4, -0.2) is 73.6 Å². The first-order valence-corrected chi connectivity index (χ1v) is 12.4. The molecule has 10 nitrogen and oxygen atoms in total. The first kappa shape index (κ1) is 27.8. The lowest BCUT2D eigenvalue weighted by Crippen LogP contribution is -2.41. The molecular formula is C24H32FN3O7S. The monoisotopic (exact) mass is 525 g/mol. The molecule has 3 aliphatic rings. The van der Waals surface area contributed by atoms with E-state index in [2.05, 4.69) is 19.2 Å². The van der Waals surface area contributed by atoms with Crippen LogP contribution in [0.5, 0.6) is 0 Å². The Morgan fingerprint density at radius 3 is 2.36 bits per heavy atom. The van der Waals surface area contributed by atoms with Gasteiger partial charge in [0.25, 0.3) is 5.24 Å². The van der Waals surface area contributed by atoms with Crippen LogP contribution in [0.4, 0.5) is 14.9 Å². The number of imide groups is 1. The van der Waals surface area contributed by atoms with Crippen LogP contribution in [0.1, 0.15) is 28.1 Å². The molecule has 0 bridgehead atoms. The average molecular weight is 526 g/mol. The quantitative estimate of drug-likeness (QED) is 0.459. The zero-order chi connectivity index (χ0) is 26.2. The van der Waals surface area contributed by atoms with Gasteiger partial charge in [0, 0.05) is 33.6 Å². The van der Waals surface area contributed by atoms with Gasteiger partial charge in [-0.1, -0.05) is 17.8 Å². The molecule has 3 fully saturated rings. The maximum absolute atomic E-state index is 13.6. The second-order valence-electron chi connectivity index (χ2n) is 8.59. The minimum absolute atomic E-state index is 0. The number of methoxy groups -OCH3 is 1. The third-order valence-electron chi connectivity index (χ3n) is 5.37. The highest BCUT2D eigenvalue weighted by Crippen LogP contribution is 2.36. The maximum atomic E-state index is 13.6. The lowest BCUT2D eigenvalue weighted by atomic mass is 10.1. The van der Waals surface area contributed by atoms with Gasteiger partial charge in [-0.25, -0.2) is 4.39 Å². The first-order valence-electron chi connectivity index (χ1n) is 11.5. The van der Waals surface area contributed by atoms with E-state index in [9.17, 15) is 23.6 Å². The number of carbonyl (C=O) groups is 4. The number of carbonyl (C=O) groups excluding carboxylic acids is 4. The van der Waals surface area contributed by atoms with Crippen molar-refractivity contribution in [3.05, 3.63) is 30.3 Å². The summed E-state index contributed by atoms with van der Waals surface area (Å²) in [6, 6.07) is 4.69. The van der Waals surface area contributed by atoms with Crippen molar-refractivity contribution in [1.29, 1.82) is 0 Å². The number of benzene rings is 1. The molecule has 3 saturated heterocycles. The Balaban J connectivity index is 0.000000223. The minimum atomic E-state index is -0.490. The van der Waals surface area contributed by atoms with Gasteiger partial charge in [0.1, 0.15) is 6.26 Å². The molecule has 3 aliphatic heterocycles. The van der Waals surface area contributed by atoms with Gasteiger partial charge in [0.15, 0.2) is 17.2 Å². The second-order valence-corrected chi connectivity index (χ2v) is 9.84. The van der Waals surface area contributed by atoms with Gasteiger partial charge in [-0.2, -0.15) is 0 Å². The summed E-state index contributed by atoms with van der Waals surface area (Å²) in [6.07, 6.45) is 1.94. The number of piperidine rings is 1. The van der Waals surface area contributed by atoms with Crippen LogP contribution in [0.3, 0.4) is 0 Å². The fourth-order valence-electron chi connectivity index (χ4n) is 3.86. The van der Waals surface area contributed by atoms with E-state index in [4.69, 9.17) is 13.9 Å². The van der Waals surface area contributed by atoms with Crippen LogP contribution in [-0.2, 0) is 23.9 Å². The number of hydrogen-bond donors (Lipinski definition) is 2. The van der Waals surface area contributed by atoms with Gasteiger partial charge in [-0.3, -0.25) is 29.4 Å². The number of fused-ring (bicyclic) bond motifs is 1. The van der Waals surface area contributed by atoms with Crippen LogP contribution in [0.15, 0.2) is 28.9 Å². The van der Waals surface area contributed by atoms with E-state index in [1.54, 1.807) is 24.1 Å². The fraction of sp³-hybridized carbons (Fsp3) is 0.500. The van der Waals surface area contributed by atoms with Crippen molar-refractivity contribution in [2.24, 2.45) is 0 Å². The minimum Gasteiger partial charge on any atom is -0.459 e. The summed E-state index contributed by atoms with van der Waals surface area (Å²) in [7, 11) is 1.61. The van der Waals surface area contributed by atoms with Crippen molar-refractivity contribution in [3.63, 3.8) is 0 Å². The molecule has 4 heterocycles. The lowest BCUT2D eigenvalue weighted by Gasteiger charge is -2.25. The third kappa shape index (κ3) is 7.60. The van der Waals surface area contributed by atoms with Crippen LogP contribution in [0.2, 0.25) is 0 Å². The number of ketones is 1. The van der Waals surface area contributed by atoms with E-state index in [1.807, 2.05) is 5.32 Å². The van der Waals surface area contributed by atoms with E-state index in [-0.39, 0.29) is 36.1 Å². The normalized spacial score (nSPS) is 24.1. The molecule has 1 aromatic heterocycles. The summed E-state index contributed by atoms with van der Waals surface area (Å²) in [5.41, 5.74) is 0.802. The van der Waals surface area contributed by atoms with Gasteiger partial charge < -0.3 is 19.2 Å². The number of morpholine rings is 1. The molecular weight excluding hydrogens is 493 g/mol. The van der Waals surface area contributed by atoms with E-state index < -0.39 is 17.6 Å². The standard InChI is InChI=1S/C13H12FNO3S.C6H13NO.C5H5NO3.H2/c1-17-6-8-5-15(13(16)19-8)11-7-18-12-9(11)3-2-4-10(12)14;1-5-3-7-4-6(2)8-5;7-3-1-4(8)6-5(9)2-3;/h2-4,7-8H,5-6H2,1H3;5-7H,3-4H2,1-2H3;1-2H2,(H,6,8,9);1H/t8-;5-,6+;;/m1.../s1. The summed E-state index contributed by atoms with van der Waals surface area (Å²) in [6.45, 7) is 7.24. The smallest absolute Gasteiger partial charge is 0.286 e. The Morgan fingerprint density at radius 1 is 1.14 bits per heavy atom. The number of amides is 3. The Bertz CT molecular complexity index is 1060. The average Bonchev–Trinajstić information content (AvgIpc) is 3.37. The molecule has 198 valence electrons. The molecule has 36 heavy (non-hydrogen) atoms. The largest absolute Gasteiger partial charge is 0.459 e. The molecule has 0 aliphatic carbocycles. The van der Waals surface area contributed by atoms with E-state index in [0.717, 1.165) is 13.1 Å². The van der Waals surface area contributed by atoms with Crippen molar-refractivity contribution in [2.75, 3.05) is 38.3 Å². The second kappa shape index (κ2) is 12.9. The molecule has 3 atom stereocenters. The number of nitrogens with zero attached hydrogens (tertiary/aromatic N) is 1. The molecule has 0 radical (unpaired) electrons. The molecule has 3 amide bonds. The summed E-state index contributed by atoms with van der Waals surface area (Å²) in [5, 5.41) is 5.92. The third-order valence-corrected chi connectivity index (χ3v) is 6.41. The number of thioether (sulfide) groups is 1. The van der Waals surface area contributed by atoms with Crippen molar-refractivity contribution in [3.8, 4) is 0 Å². The Morgan fingerprint density at radius 2 is 1.81 bits per heavy atom. The van der Waals surface area contributed by atoms with Gasteiger partial charge >= 0.3 is 0 Å². The predicted molar refractivity (Wildman–Crippen MR) is 135 cm³/mol. The van der Waals surface area contributed by atoms with E-state index in [1.165, 1.54) is 24.1 Å². The number of Topliss-reactive ketones (excluding diaryl/α,β-unsaturated/α-hetero) is 1. The molecule has 1 aromatic carbocycles. The number of nitrogens with one attached hydrogen (secondary N) is 2. The number of halogens is 1. The Kier molecular flexibility index (Phi) is 9.99. The fourth-order valence-corrected chi connectivity index (χ4v) is 4.87. The summed E-state index contributed by atoms with van der Waals surface area (Å²) < 4.78 is 29.3. The van der Waals surface area contributed by atoms with Crippen LogP contribution < -0.4 is 15.5 Å². The van der Waals surface area contributed by atoms with Crippen molar-refractivity contribution < 1.29 is 38.9 Å². The molecule has 0 unspecified atom stereocenters. The zero-order valence-corrected chi connectivity index (χ0v) is 21.2. The molecule has 2 N–H and O–H groups in total. The number of hydrogen-bond acceptors (Lipinski definition) is 9. The first-order chi connectivity index (χ1) is 17.2. The summed E-state index contributed by atoms with van der Waals surface area (Å²) in [4.78, 5) is 44.7. The lowest BCUT2D eigenvalue weighted by molar-refractivity contribution is -0.138. The number of furan rings is 1. The Hall–Kier alpha value is -2.80. The number of rotatable bonds is 3. The molecule has 2 aromatic rings. The maximum Gasteiger partial charge on any atom is 0.286 e. The van der Waals surface area contributed by atoms with Crippen LogP contribution in [0.25, 0.3) is 11.0 Å². The summed E-state index contributed by atoms with van der Waals surface area (Å²) >= 11 is 1.24. The van der Waals surface area contributed by atoms with Gasteiger partial charge in [0.2, 0.25) is 11.8 Å². The molecule has 5 rings (SSSR count). The van der Waals surface area contributed by atoms with E-state index in [0.29, 0.717) is 36.4 Å². The van der Waals surface area contributed by atoms with Gasteiger partial charge in [0.05, 0.1) is 42.6 Å². The van der Waals surface area contributed by atoms with Gasteiger partial charge in [-0.05, 0) is 26.0 Å². The van der Waals surface area contributed by atoms with Gasteiger partial charge in [-0.15, -0.1) is 0 Å². The topological polar surface area (TPSA) is 127 Å². The van der Waals surface area contributed by atoms with Crippen molar-refractivity contribution in [1.82, 2.24) is 10.6 Å². The Labute approximate surface area is 213 Å². The SMILES string of the molecule is COC[C@H]1CN(c2coc3c(F)cccc23)C(=O)S1.C[C@@H]1CNC[C@H](C)O1.O=C1CC(=O)NC(=O)C1.[HH]. The highest BCUT2D eigenvalue weighted by Gasteiger charge is 2.33. The van der Waals surface area contributed by atoms with Crippen LogP contribution >= 0.6 is 11.8 Å². The zero-order valence-electron chi connectivity index (χ0n) is 20.4. The highest BCUT2D eigenvalue weighted by atomic mass is 32.2. The predicted octanol–water partition coefficient (Wildman–Crippen LogP) is 2.88. The van der Waals surface area contributed by atoms with E-state index >= 15 is 0 Å². The summed E-state index contributed by atoms with van der Waals surface area (Å²) in [5.74, 6) is -1.70. The highest BCUT2D eigenvalue weighted by molar-refractivity contribution is 8.14. The number of anilines is 1.